The Kier molecular flexibility index (Phi) is 12.2. The number of carbonyl (C=O) groups is 1. The molecule has 0 saturated carbocycles. The minimum absolute atomic E-state index is 0.0432. The maximum atomic E-state index is 12.1. The predicted octanol–water partition coefficient (Wildman–Crippen LogP) is 3.55. The fraction of sp³-hybridized carbons (Fsp3) is 0.870. The molecule has 1 aliphatic heterocycles. The molecule has 9 heteroatoms. The second-order valence-corrected chi connectivity index (χ2v) is 11.7. The van der Waals surface area contributed by atoms with E-state index in [2.05, 4.69) is 15.4 Å². The number of aromatic amines is 1. The molecule has 184 valence electrons. The number of nitrogens with zero attached hydrogens (tertiary/aromatic N) is 3. The predicted molar refractivity (Wildman–Crippen MR) is 126 cm³/mol. The Morgan fingerprint density at radius 3 is 2.28 bits per heavy atom. The summed E-state index contributed by atoms with van der Waals surface area (Å²) < 4.78 is 29.5. The largest absolute Gasteiger partial charge is 0.461 e. The van der Waals surface area contributed by atoms with Crippen LogP contribution in [0.3, 0.4) is 0 Å². The van der Waals surface area contributed by atoms with Crippen LogP contribution >= 0.6 is 0 Å². The smallest absolute Gasteiger partial charge is 0.313 e. The van der Waals surface area contributed by atoms with E-state index >= 15 is 0 Å². The molecule has 2 atom stereocenters. The van der Waals surface area contributed by atoms with E-state index in [-0.39, 0.29) is 29.5 Å². The summed E-state index contributed by atoms with van der Waals surface area (Å²) in [5.74, 6) is 0.546. The van der Waals surface area contributed by atoms with Gasteiger partial charge in [-0.3, -0.25) is 9.89 Å². The molecular formula is C23H42N4O4S. The van der Waals surface area contributed by atoms with E-state index in [0.29, 0.717) is 12.8 Å². The molecule has 0 bridgehead atoms. The Balaban J connectivity index is 1.44. The van der Waals surface area contributed by atoms with Crippen LogP contribution in [0.5, 0.6) is 0 Å². The van der Waals surface area contributed by atoms with Crippen LogP contribution in [-0.2, 0) is 25.8 Å². The number of esters is 1. The summed E-state index contributed by atoms with van der Waals surface area (Å²) in [4.78, 5) is 13.8. The average molecular weight is 471 g/mol. The third-order valence-corrected chi connectivity index (χ3v) is 8.01. The molecule has 1 aromatic heterocycles. The van der Waals surface area contributed by atoms with Gasteiger partial charge >= 0.3 is 5.97 Å². The number of nitrogens with one attached hydrogen (secondary N) is 1. The van der Waals surface area contributed by atoms with E-state index in [1.54, 1.807) is 0 Å². The highest BCUT2D eigenvalue weighted by molar-refractivity contribution is 7.91. The lowest BCUT2D eigenvalue weighted by Crippen LogP contribution is -2.44. The molecule has 0 amide bonds. The Hall–Kier alpha value is -1.48. The first-order valence-corrected chi connectivity index (χ1v) is 14.1. The van der Waals surface area contributed by atoms with Gasteiger partial charge in [0.15, 0.2) is 0 Å². The lowest BCUT2D eigenvalue weighted by atomic mass is 9.87. The molecular weight excluding hydrogens is 428 g/mol. The summed E-state index contributed by atoms with van der Waals surface area (Å²) in [6.07, 6.45) is 14.8. The van der Waals surface area contributed by atoms with Crippen LogP contribution < -0.4 is 0 Å². The highest BCUT2D eigenvalue weighted by Crippen LogP contribution is 2.31. The standard InChI is InChI=1S/C23H42N4O4S/c1-27(2)16-12-18-32(29,30)17-11-7-10-15-22-21(23(28)31-22)14-9-6-4-3-5-8-13-20-19-24-26-25-20/h19,21-22H,3-18H2,1-2H3,(H,24,25,26)/t21-,22-/m0/s1. The Labute approximate surface area is 193 Å². The summed E-state index contributed by atoms with van der Waals surface area (Å²) in [6, 6.07) is 0. The van der Waals surface area contributed by atoms with Gasteiger partial charge in [0.1, 0.15) is 15.9 Å². The zero-order valence-electron chi connectivity index (χ0n) is 19.9. The van der Waals surface area contributed by atoms with E-state index in [0.717, 1.165) is 63.6 Å². The van der Waals surface area contributed by atoms with Crippen molar-refractivity contribution in [3.05, 3.63) is 11.9 Å². The number of hydrogen-bond donors (Lipinski definition) is 1. The van der Waals surface area contributed by atoms with Gasteiger partial charge in [0.05, 0.1) is 23.1 Å². The van der Waals surface area contributed by atoms with Gasteiger partial charge in [0.2, 0.25) is 0 Å². The SMILES string of the molecule is CN(C)CCCS(=O)(=O)CCCCC[C@@H]1OC(=O)[C@H]1CCCCCCCCc1c[nH]nn1. The number of aryl methyl sites for hydroxylation is 1. The summed E-state index contributed by atoms with van der Waals surface area (Å²) in [5.41, 5.74) is 1.03. The zero-order valence-corrected chi connectivity index (χ0v) is 20.7. The van der Waals surface area contributed by atoms with E-state index in [1.807, 2.05) is 25.2 Å². The zero-order chi connectivity index (χ0) is 23.2. The quantitative estimate of drug-likeness (QED) is 0.243. The van der Waals surface area contributed by atoms with Gasteiger partial charge in [-0.05, 0) is 65.6 Å². The molecule has 8 nitrogen and oxygen atoms in total. The van der Waals surface area contributed by atoms with Crippen molar-refractivity contribution in [2.24, 2.45) is 5.92 Å². The van der Waals surface area contributed by atoms with Gasteiger partial charge in [0.25, 0.3) is 0 Å². The molecule has 0 spiro atoms. The monoisotopic (exact) mass is 470 g/mol. The van der Waals surface area contributed by atoms with Crippen molar-refractivity contribution in [2.45, 2.75) is 89.6 Å². The second-order valence-electron chi connectivity index (χ2n) is 9.36. The van der Waals surface area contributed by atoms with Crippen molar-refractivity contribution in [3.63, 3.8) is 0 Å². The molecule has 32 heavy (non-hydrogen) atoms. The molecule has 1 N–H and O–H groups in total. The molecule has 0 aliphatic carbocycles. The lowest BCUT2D eigenvalue weighted by molar-refractivity contribution is -0.186. The van der Waals surface area contributed by atoms with Crippen LogP contribution in [0.15, 0.2) is 6.20 Å². The fourth-order valence-electron chi connectivity index (χ4n) is 4.23. The topological polar surface area (TPSA) is 105 Å². The van der Waals surface area contributed by atoms with Crippen molar-refractivity contribution >= 4 is 15.8 Å². The van der Waals surface area contributed by atoms with Gasteiger partial charge < -0.3 is 9.64 Å². The van der Waals surface area contributed by atoms with Crippen LogP contribution in [0.4, 0.5) is 0 Å². The molecule has 2 heterocycles. The molecule has 0 radical (unpaired) electrons. The van der Waals surface area contributed by atoms with Crippen LogP contribution in [0.2, 0.25) is 0 Å². The third-order valence-electron chi connectivity index (χ3n) is 6.19. The molecule has 1 fully saturated rings. The Bertz CT molecular complexity index is 737. The second kappa shape index (κ2) is 14.6. The highest BCUT2D eigenvalue weighted by Gasteiger charge is 2.40. The van der Waals surface area contributed by atoms with Crippen molar-refractivity contribution in [1.29, 1.82) is 0 Å². The first kappa shape index (κ1) is 26.8. The van der Waals surface area contributed by atoms with Crippen molar-refractivity contribution < 1.29 is 17.9 Å². The minimum Gasteiger partial charge on any atom is -0.461 e. The summed E-state index contributed by atoms with van der Waals surface area (Å²) >= 11 is 0. The van der Waals surface area contributed by atoms with Crippen LogP contribution in [0.25, 0.3) is 0 Å². The van der Waals surface area contributed by atoms with Gasteiger partial charge in [-0.2, -0.15) is 0 Å². The maximum Gasteiger partial charge on any atom is 0.313 e. The van der Waals surface area contributed by atoms with E-state index in [9.17, 15) is 13.2 Å². The van der Waals surface area contributed by atoms with Crippen molar-refractivity contribution in [3.8, 4) is 0 Å². The number of rotatable bonds is 19. The number of ether oxygens (including phenoxy) is 1. The Morgan fingerprint density at radius 2 is 1.59 bits per heavy atom. The minimum atomic E-state index is -2.94. The van der Waals surface area contributed by atoms with Gasteiger partial charge in [-0.15, -0.1) is 5.10 Å². The van der Waals surface area contributed by atoms with Crippen LogP contribution in [-0.4, -0.2) is 72.9 Å². The van der Waals surface area contributed by atoms with E-state index in [1.165, 1.54) is 19.3 Å². The normalized spacial score (nSPS) is 18.7. The first-order valence-electron chi connectivity index (χ1n) is 12.3. The molecule has 0 aromatic carbocycles. The first-order chi connectivity index (χ1) is 15.4. The summed E-state index contributed by atoms with van der Waals surface area (Å²) in [6.45, 7) is 0.803. The maximum absolute atomic E-state index is 12.1. The Morgan fingerprint density at radius 1 is 0.938 bits per heavy atom. The highest BCUT2D eigenvalue weighted by atomic mass is 32.2. The molecule has 1 saturated heterocycles. The molecule has 1 aromatic rings. The van der Waals surface area contributed by atoms with E-state index in [4.69, 9.17) is 4.74 Å². The fourth-order valence-corrected chi connectivity index (χ4v) is 5.65. The number of H-pyrrole nitrogens is 1. The van der Waals surface area contributed by atoms with Gasteiger partial charge in [-0.1, -0.05) is 43.7 Å². The number of carbonyl (C=O) groups excluding carboxylic acids is 1. The molecule has 0 unspecified atom stereocenters. The van der Waals surface area contributed by atoms with Gasteiger partial charge in [-0.25, -0.2) is 8.42 Å². The van der Waals surface area contributed by atoms with E-state index < -0.39 is 9.84 Å². The molecule has 1 aliphatic rings. The van der Waals surface area contributed by atoms with Gasteiger partial charge in [0, 0.05) is 6.20 Å². The number of sulfone groups is 1. The summed E-state index contributed by atoms with van der Waals surface area (Å²) in [5, 5.41) is 10.4. The number of unbranched alkanes of at least 4 members (excludes halogenated alkanes) is 7. The van der Waals surface area contributed by atoms with Crippen LogP contribution in [0, 0.1) is 5.92 Å². The number of aromatic nitrogens is 3. The van der Waals surface area contributed by atoms with Crippen molar-refractivity contribution in [1.82, 2.24) is 20.3 Å². The van der Waals surface area contributed by atoms with Crippen molar-refractivity contribution in [2.75, 3.05) is 32.1 Å². The van der Waals surface area contributed by atoms with Crippen LogP contribution in [0.1, 0.15) is 82.7 Å². The summed E-state index contributed by atoms with van der Waals surface area (Å²) in [7, 11) is 0.967. The average Bonchev–Trinajstić information content (AvgIpc) is 3.24. The lowest BCUT2D eigenvalue weighted by Gasteiger charge is -2.35. The third kappa shape index (κ3) is 10.9. The number of cyclic esters (lactones) is 1. The number of hydrogen-bond acceptors (Lipinski definition) is 7. The molecule has 2 rings (SSSR count).